The smallest absolute Gasteiger partial charge is 0.162 e. The van der Waals surface area contributed by atoms with E-state index in [1.165, 1.54) is 0 Å². The summed E-state index contributed by atoms with van der Waals surface area (Å²) in [6, 6.07) is 5.87. The van der Waals surface area contributed by atoms with Crippen molar-refractivity contribution in [3.8, 4) is 10.8 Å². The Balaban J connectivity index is 1.59. The van der Waals surface area contributed by atoms with Crippen molar-refractivity contribution >= 4 is 45.0 Å². The molecule has 4 nitrogen and oxygen atoms in total. The summed E-state index contributed by atoms with van der Waals surface area (Å²) in [6.45, 7) is 1.93. The zero-order valence-electron chi connectivity index (χ0n) is 11.7. The topological polar surface area (TPSA) is 51.8 Å². The van der Waals surface area contributed by atoms with E-state index >= 15 is 0 Å². The molecule has 0 bridgehead atoms. The van der Waals surface area contributed by atoms with Crippen LogP contribution in [0, 0.1) is 6.92 Å². The minimum absolute atomic E-state index is 0.813. The summed E-state index contributed by atoms with van der Waals surface area (Å²) in [5, 5.41) is 1.85. The summed E-state index contributed by atoms with van der Waals surface area (Å²) in [7, 11) is 0. The Bertz CT molecular complexity index is 932. The predicted octanol–water partition coefficient (Wildman–Crippen LogP) is 4.89. The Kier molecular flexibility index (Phi) is 3.32. The van der Waals surface area contributed by atoms with Gasteiger partial charge in [0, 0.05) is 17.3 Å². The maximum atomic E-state index is 5.59. The van der Waals surface area contributed by atoms with E-state index in [1.807, 2.05) is 43.5 Å². The summed E-state index contributed by atoms with van der Waals surface area (Å²) < 4.78 is 6.74. The number of thiazole rings is 2. The number of pyridine rings is 1. The molecule has 4 aromatic rings. The zero-order chi connectivity index (χ0) is 14.9. The van der Waals surface area contributed by atoms with Crippen molar-refractivity contribution in [1.82, 2.24) is 15.0 Å². The van der Waals surface area contributed by atoms with Gasteiger partial charge in [-0.05, 0) is 37.3 Å². The van der Waals surface area contributed by atoms with Crippen LogP contribution in [-0.2, 0) is 0 Å². The van der Waals surface area contributed by atoms with Crippen LogP contribution < -0.4 is 0 Å². The number of fused-ring (bicyclic) bond motifs is 1. The van der Waals surface area contributed by atoms with Gasteiger partial charge >= 0.3 is 0 Å². The van der Waals surface area contributed by atoms with E-state index < -0.39 is 0 Å². The Morgan fingerprint density at radius 1 is 1.09 bits per heavy atom. The largest absolute Gasteiger partial charge is 0.459 e. The lowest BCUT2D eigenvalue weighted by Gasteiger charge is -1.87. The normalized spacial score (nSPS) is 11.7. The molecule has 4 aromatic heterocycles. The van der Waals surface area contributed by atoms with Crippen LogP contribution in [0.4, 0.5) is 0 Å². The van der Waals surface area contributed by atoms with Crippen molar-refractivity contribution in [1.29, 1.82) is 0 Å². The number of nitrogens with zero attached hydrogens (tertiary/aromatic N) is 3. The van der Waals surface area contributed by atoms with Gasteiger partial charge in [-0.15, -0.1) is 22.7 Å². The quantitative estimate of drug-likeness (QED) is 0.538. The van der Waals surface area contributed by atoms with Crippen molar-refractivity contribution in [3.63, 3.8) is 0 Å². The van der Waals surface area contributed by atoms with Gasteiger partial charge in [0.1, 0.15) is 16.3 Å². The van der Waals surface area contributed by atoms with Crippen LogP contribution in [0.3, 0.4) is 0 Å². The van der Waals surface area contributed by atoms with Crippen LogP contribution in [0.5, 0.6) is 0 Å². The Morgan fingerprint density at radius 3 is 2.86 bits per heavy atom. The first kappa shape index (κ1) is 13.4. The van der Waals surface area contributed by atoms with Crippen LogP contribution in [0.1, 0.15) is 15.6 Å². The number of aryl methyl sites for hydroxylation is 1. The van der Waals surface area contributed by atoms with Gasteiger partial charge in [0.25, 0.3) is 0 Å². The minimum Gasteiger partial charge on any atom is -0.459 e. The molecule has 0 radical (unpaired) electrons. The lowest BCUT2D eigenvalue weighted by atomic mass is 10.4. The monoisotopic (exact) mass is 325 g/mol. The molecule has 4 heterocycles. The Hall–Kier alpha value is -2.31. The molecule has 0 spiro atoms. The Labute approximate surface area is 134 Å². The zero-order valence-corrected chi connectivity index (χ0v) is 13.3. The second kappa shape index (κ2) is 5.47. The maximum Gasteiger partial charge on any atom is 0.162 e. The highest BCUT2D eigenvalue weighted by Crippen LogP contribution is 2.28. The number of hydrogen-bond donors (Lipinski definition) is 0. The molecule has 0 saturated carbocycles. The molecule has 22 heavy (non-hydrogen) atoms. The van der Waals surface area contributed by atoms with Crippen LogP contribution >= 0.6 is 22.7 Å². The third-order valence-corrected chi connectivity index (χ3v) is 5.05. The fraction of sp³-hybridized carbons (Fsp3) is 0.0625. The van der Waals surface area contributed by atoms with Gasteiger partial charge in [-0.25, -0.2) is 9.97 Å². The molecule has 108 valence electrons. The lowest BCUT2D eigenvalue weighted by molar-refractivity contribution is 0.548. The van der Waals surface area contributed by atoms with Crippen LogP contribution in [0.15, 0.2) is 41.2 Å². The molecule has 0 saturated heterocycles. The first-order chi connectivity index (χ1) is 10.8. The summed E-state index contributed by atoms with van der Waals surface area (Å²) >= 11 is 3.25. The lowest BCUT2D eigenvalue weighted by Crippen LogP contribution is -1.70. The SMILES string of the molecule is Cc1ccc(-c2ncc(/C=C/c3nc4cnccc4s3)s2)o1. The van der Waals surface area contributed by atoms with Crippen molar-refractivity contribution in [3.05, 3.63) is 52.4 Å². The van der Waals surface area contributed by atoms with E-state index in [0.29, 0.717) is 0 Å². The minimum atomic E-state index is 0.813. The molecular formula is C16H11N3OS2. The first-order valence-electron chi connectivity index (χ1n) is 6.69. The molecule has 4 rings (SSSR count). The van der Waals surface area contributed by atoms with E-state index in [0.717, 1.165) is 36.6 Å². The average Bonchev–Trinajstić information content (AvgIpc) is 3.23. The third-order valence-electron chi connectivity index (χ3n) is 3.07. The molecule has 0 aliphatic rings. The van der Waals surface area contributed by atoms with Crippen LogP contribution in [0.2, 0.25) is 0 Å². The van der Waals surface area contributed by atoms with Gasteiger partial charge in [0.2, 0.25) is 0 Å². The summed E-state index contributed by atoms with van der Waals surface area (Å²) in [6.07, 6.45) is 9.46. The van der Waals surface area contributed by atoms with E-state index in [9.17, 15) is 0 Å². The number of hydrogen-bond acceptors (Lipinski definition) is 6. The van der Waals surface area contributed by atoms with E-state index in [1.54, 1.807) is 35.1 Å². The van der Waals surface area contributed by atoms with Crippen molar-refractivity contribution < 1.29 is 4.42 Å². The van der Waals surface area contributed by atoms with Gasteiger partial charge in [0.05, 0.1) is 10.9 Å². The molecule has 0 aliphatic heterocycles. The van der Waals surface area contributed by atoms with Crippen molar-refractivity contribution in [2.24, 2.45) is 0 Å². The summed E-state index contributed by atoms with van der Waals surface area (Å²) in [5.41, 5.74) is 0.934. The van der Waals surface area contributed by atoms with E-state index in [-0.39, 0.29) is 0 Å². The highest BCUT2D eigenvalue weighted by Gasteiger charge is 2.07. The fourth-order valence-corrected chi connectivity index (χ4v) is 3.67. The average molecular weight is 325 g/mol. The highest BCUT2D eigenvalue weighted by molar-refractivity contribution is 7.19. The second-order valence-corrected chi connectivity index (χ2v) is 6.83. The van der Waals surface area contributed by atoms with E-state index in [4.69, 9.17) is 4.42 Å². The predicted molar refractivity (Wildman–Crippen MR) is 90.9 cm³/mol. The van der Waals surface area contributed by atoms with Gasteiger partial charge in [-0.1, -0.05) is 0 Å². The fourth-order valence-electron chi connectivity index (χ4n) is 2.05. The number of aromatic nitrogens is 3. The standard InChI is InChI=1S/C16H11N3OS2/c1-10-2-4-13(20-10)16-18-8-11(21-16)3-5-15-19-12-9-17-7-6-14(12)22-15/h2-9H,1H3/b5-3+. The van der Waals surface area contributed by atoms with Gasteiger partial charge < -0.3 is 4.42 Å². The highest BCUT2D eigenvalue weighted by atomic mass is 32.1. The molecular weight excluding hydrogens is 314 g/mol. The first-order valence-corrected chi connectivity index (χ1v) is 8.32. The molecule has 0 atom stereocenters. The molecule has 0 unspecified atom stereocenters. The molecule has 0 aliphatic carbocycles. The molecule has 6 heteroatoms. The molecule has 0 aromatic carbocycles. The van der Waals surface area contributed by atoms with Crippen molar-refractivity contribution in [2.45, 2.75) is 6.92 Å². The second-order valence-electron chi connectivity index (χ2n) is 4.71. The van der Waals surface area contributed by atoms with Gasteiger partial charge in [0.15, 0.2) is 10.8 Å². The Morgan fingerprint density at radius 2 is 2.05 bits per heavy atom. The maximum absolute atomic E-state index is 5.59. The van der Waals surface area contributed by atoms with Gasteiger partial charge in [-0.3, -0.25) is 4.98 Å². The number of rotatable bonds is 3. The third kappa shape index (κ3) is 2.58. The van der Waals surface area contributed by atoms with Gasteiger partial charge in [-0.2, -0.15) is 0 Å². The summed E-state index contributed by atoms with van der Waals surface area (Å²) in [4.78, 5) is 14.1. The number of furan rings is 1. The molecule has 0 N–H and O–H groups in total. The van der Waals surface area contributed by atoms with Crippen molar-refractivity contribution in [2.75, 3.05) is 0 Å². The molecule has 0 fully saturated rings. The van der Waals surface area contributed by atoms with E-state index in [2.05, 4.69) is 15.0 Å². The molecule has 0 amide bonds. The van der Waals surface area contributed by atoms with Crippen LogP contribution in [-0.4, -0.2) is 15.0 Å². The summed E-state index contributed by atoms with van der Waals surface area (Å²) in [5.74, 6) is 1.71. The van der Waals surface area contributed by atoms with Crippen LogP contribution in [0.25, 0.3) is 33.1 Å².